The van der Waals surface area contributed by atoms with Crippen LogP contribution in [-0.2, 0) is 0 Å². The lowest BCUT2D eigenvalue weighted by molar-refractivity contribution is 0.440. The van der Waals surface area contributed by atoms with E-state index in [-0.39, 0.29) is 0 Å². The molecule has 80 valence electrons. The predicted molar refractivity (Wildman–Crippen MR) is 61.5 cm³/mol. The second-order valence-corrected chi connectivity index (χ2v) is 4.86. The van der Waals surface area contributed by atoms with E-state index in [0.717, 1.165) is 17.5 Å². The zero-order valence-corrected chi connectivity index (χ0v) is 8.82. The quantitative estimate of drug-likeness (QED) is 0.775. The van der Waals surface area contributed by atoms with Crippen molar-refractivity contribution in [2.75, 3.05) is 11.1 Å². The average molecular weight is 203 g/mol. The summed E-state index contributed by atoms with van der Waals surface area (Å²) in [5, 5.41) is 3.55. The Bertz CT molecular complexity index is 364. The first-order valence-electron chi connectivity index (χ1n) is 5.80. The molecule has 3 rings (SSSR count). The fourth-order valence-corrected chi connectivity index (χ4v) is 3.16. The van der Waals surface area contributed by atoms with Crippen molar-refractivity contribution >= 4 is 11.5 Å². The van der Waals surface area contributed by atoms with Crippen LogP contribution in [-0.4, -0.2) is 11.0 Å². The molecule has 3 nitrogen and oxygen atoms in total. The molecule has 0 radical (unpaired) electrons. The Kier molecular flexibility index (Phi) is 2.04. The van der Waals surface area contributed by atoms with E-state index in [2.05, 4.69) is 10.3 Å². The number of anilines is 2. The van der Waals surface area contributed by atoms with E-state index in [1.54, 1.807) is 6.20 Å². The van der Waals surface area contributed by atoms with Gasteiger partial charge in [0, 0.05) is 12.2 Å². The lowest BCUT2D eigenvalue weighted by atomic mass is 9.95. The second-order valence-electron chi connectivity index (χ2n) is 4.86. The molecule has 0 spiro atoms. The summed E-state index contributed by atoms with van der Waals surface area (Å²) in [5.74, 6) is 2.46. The monoisotopic (exact) mass is 203 g/mol. The molecule has 2 bridgehead atoms. The highest BCUT2D eigenvalue weighted by molar-refractivity contribution is 5.61. The van der Waals surface area contributed by atoms with Crippen LogP contribution in [0, 0.1) is 11.8 Å². The van der Waals surface area contributed by atoms with Gasteiger partial charge in [0.05, 0.1) is 5.69 Å². The third-order valence-corrected chi connectivity index (χ3v) is 3.92. The molecular formula is C12H17N3. The lowest BCUT2D eigenvalue weighted by Gasteiger charge is -2.24. The van der Waals surface area contributed by atoms with Gasteiger partial charge in [0.15, 0.2) is 0 Å². The van der Waals surface area contributed by atoms with E-state index in [1.807, 2.05) is 12.1 Å². The molecular weight excluding hydrogens is 186 g/mol. The Labute approximate surface area is 90.1 Å². The fourth-order valence-electron chi connectivity index (χ4n) is 3.16. The van der Waals surface area contributed by atoms with Gasteiger partial charge in [-0.3, -0.25) is 0 Å². The number of pyridine rings is 1. The number of nitrogens with one attached hydrogen (secondary N) is 1. The lowest BCUT2D eigenvalue weighted by Crippen LogP contribution is -2.26. The highest BCUT2D eigenvalue weighted by Crippen LogP contribution is 2.45. The number of hydrogen-bond acceptors (Lipinski definition) is 3. The molecule has 3 unspecified atom stereocenters. The minimum atomic E-state index is 0.625. The van der Waals surface area contributed by atoms with Crippen molar-refractivity contribution in [3.63, 3.8) is 0 Å². The van der Waals surface area contributed by atoms with Crippen LogP contribution in [0.5, 0.6) is 0 Å². The van der Waals surface area contributed by atoms with Crippen LogP contribution >= 0.6 is 0 Å². The highest BCUT2D eigenvalue weighted by atomic mass is 15.0. The van der Waals surface area contributed by atoms with Gasteiger partial charge in [-0.15, -0.1) is 0 Å². The number of rotatable bonds is 2. The van der Waals surface area contributed by atoms with Crippen LogP contribution in [0.15, 0.2) is 18.3 Å². The van der Waals surface area contributed by atoms with Crippen LogP contribution in [0.3, 0.4) is 0 Å². The maximum absolute atomic E-state index is 5.82. The number of nitrogens with zero attached hydrogens (tertiary/aromatic N) is 1. The van der Waals surface area contributed by atoms with E-state index in [0.29, 0.717) is 11.9 Å². The molecule has 0 amide bonds. The smallest absolute Gasteiger partial charge is 0.146 e. The van der Waals surface area contributed by atoms with Crippen molar-refractivity contribution in [3.05, 3.63) is 18.3 Å². The van der Waals surface area contributed by atoms with Gasteiger partial charge in [0.2, 0.25) is 0 Å². The fraction of sp³-hybridized carbons (Fsp3) is 0.583. The number of nitrogen functional groups attached to an aromatic ring is 1. The first-order valence-corrected chi connectivity index (χ1v) is 5.80. The third-order valence-electron chi connectivity index (χ3n) is 3.92. The molecule has 1 heterocycles. The maximum atomic E-state index is 5.82. The van der Waals surface area contributed by atoms with Gasteiger partial charge < -0.3 is 11.1 Å². The average Bonchev–Trinajstić information content (AvgIpc) is 2.83. The van der Waals surface area contributed by atoms with Gasteiger partial charge >= 0.3 is 0 Å². The maximum Gasteiger partial charge on any atom is 0.146 e. The molecule has 0 aromatic carbocycles. The molecule has 2 aliphatic carbocycles. The molecule has 1 aromatic heterocycles. The minimum absolute atomic E-state index is 0.625. The molecule has 2 aliphatic rings. The Morgan fingerprint density at radius 1 is 1.33 bits per heavy atom. The number of hydrogen-bond donors (Lipinski definition) is 2. The standard InChI is InChI=1S/C12H17N3/c13-12-10(2-1-5-14-12)15-11-7-8-3-4-9(11)6-8/h1-2,5,8-9,11,15H,3-4,6-7H2,(H2,13,14). The zero-order valence-electron chi connectivity index (χ0n) is 8.82. The topological polar surface area (TPSA) is 50.9 Å². The Morgan fingerprint density at radius 2 is 2.27 bits per heavy atom. The molecule has 2 saturated carbocycles. The molecule has 2 fully saturated rings. The van der Waals surface area contributed by atoms with Crippen LogP contribution in [0.4, 0.5) is 11.5 Å². The second kappa shape index (κ2) is 3.40. The summed E-state index contributed by atoms with van der Waals surface area (Å²) >= 11 is 0. The molecule has 3 heteroatoms. The van der Waals surface area contributed by atoms with Gasteiger partial charge in [-0.25, -0.2) is 4.98 Å². The van der Waals surface area contributed by atoms with Gasteiger partial charge in [0.1, 0.15) is 5.82 Å². The van der Waals surface area contributed by atoms with E-state index in [4.69, 9.17) is 5.73 Å². The number of fused-ring (bicyclic) bond motifs is 2. The van der Waals surface area contributed by atoms with E-state index in [9.17, 15) is 0 Å². The first-order chi connectivity index (χ1) is 7.33. The van der Waals surface area contributed by atoms with Gasteiger partial charge in [0.25, 0.3) is 0 Å². The SMILES string of the molecule is Nc1ncccc1NC1CC2CCC1C2. The van der Waals surface area contributed by atoms with E-state index in [1.165, 1.54) is 25.7 Å². The summed E-state index contributed by atoms with van der Waals surface area (Å²) in [6.07, 6.45) is 7.30. The predicted octanol–water partition coefficient (Wildman–Crippen LogP) is 2.26. The van der Waals surface area contributed by atoms with Crippen molar-refractivity contribution in [1.29, 1.82) is 0 Å². The van der Waals surface area contributed by atoms with Crippen LogP contribution in [0.1, 0.15) is 25.7 Å². The summed E-state index contributed by atoms with van der Waals surface area (Å²) in [7, 11) is 0. The van der Waals surface area contributed by atoms with Gasteiger partial charge in [-0.05, 0) is 43.2 Å². The summed E-state index contributed by atoms with van der Waals surface area (Å²) in [6, 6.07) is 4.59. The molecule has 1 aromatic rings. The number of nitrogens with two attached hydrogens (primary N) is 1. The van der Waals surface area contributed by atoms with Crippen molar-refractivity contribution in [2.45, 2.75) is 31.7 Å². The summed E-state index contributed by atoms with van der Waals surface area (Å²) in [5.41, 5.74) is 6.83. The Balaban J connectivity index is 1.73. The third kappa shape index (κ3) is 1.56. The zero-order chi connectivity index (χ0) is 10.3. The summed E-state index contributed by atoms with van der Waals surface area (Å²) in [4.78, 5) is 4.10. The minimum Gasteiger partial charge on any atom is -0.382 e. The summed E-state index contributed by atoms with van der Waals surface area (Å²) in [6.45, 7) is 0. The molecule has 0 saturated heterocycles. The number of aromatic nitrogens is 1. The normalized spacial score (nSPS) is 33.2. The van der Waals surface area contributed by atoms with Crippen molar-refractivity contribution in [2.24, 2.45) is 11.8 Å². The molecule has 15 heavy (non-hydrogen) atoms. The van der Waals surface area contributed by atoms with Crippen LogP contribution in [0.25, 0.3) is 0 Å². The van der Waals surface area contributed by atoms with E-state index < -0.39 is 0 Å². The van der Waals surface area contributed by atoms with Crippen molar-refractivity contribution in [1.82, 2.24) is 4.98 Å². The molecule has 3 N–H and O–H groups in total. The van der Waals surface area contributed by atoms with Crippen LogP contribution in [0.2, 0.25) is 0 Å². The Morgan fingerprint density at radius 3 is 2.93 bits per heavy atom. The van der Waals surface area contributed by atoms with Crippen LogP contribution < -0.4 is 11.1 Å². The van der Waals surface area contributed by atoms with Gasteiger partial charge in [-0.2, -0.15) is 0 Å². The van der Waals surface area contributed by atoms with Crippen molar-refractivity contribution < 1.29 is 0 Å². The summed E-state index contributed by atoms with van der Waals surface area (Å²) < 4.78 is 0. The largest absolute Gasteiger partial charge is 0.382 e. The van der Waals surface area contributed by atoms with Crippen molar-refractivity contribution in [3.8, 4) is 0 Å². The van der Waals surface area contributed by atoms with E-state index >= 15 is 0 Å². The van der Waals surface area contributed by atoms with Gasteiger partial charge in [-0.1, -0.05) is 6.42 Å². The highest BCUT2D eigenvalue weighted by Gasteiger charge is 2.39. The first kappa shape index (κ1) is 9.01. The molecule has 3 atom stereocenters. The molecule has 0 aliphatic heterocycles. The Hall–Kier alpha value is -1.25.